The van der Waals surface area contributed by atoms with E-state index in [9.17, 15) is 0 Å². The quantitative estimate of drug-likeness (QED) is 0.715. The van der Waals surface area contributed by atoms with Gasteiger partial charge in [0.25, 0.3) is 0 Å². The molecule has 2 saturated heterocycles. The Morgan fingerprint density at radius 3 is 2.62 bits per heavy atom. The minimum atomic E-state index is 0.466. The summed E-state index contributed by atoms with van der Waals surface area (Å²) in [7, 11) is 0. The minimum absolute atomic E-state index is 0.466. The van der Waals surface area contributed by atoms with E-state index in [0.29, 0.717) is 12.0 Å². The van der Waals surface area contributed by atoms with Crippen LogP contribution in [-0.4, -0.2) is 53.7 Å². The average molecular weight is 350 g/mol. The fourth-order valence-corrected chi connectivity index (χ4v) is 3.78. The third-order valence-corrected chi connectivity index (χ3v) is 5.24. The Kier molecular flexibility index (Phi) is 3.62. The summed E-state index contributed by atoms with van der Waals surface area (Å²) < 4.78 is 13.2. The molecule has 1 aromatic carbocycles. The normalized spacial score (nSPS) is 18.6. The molecule has 6 heteroatoms. The van der Waals surface area contributed by atoms with Crippen LogP contribution in [0.25, 0.3) is 16.9 Å². The predicted molar refractivity (Wildman–Crippen MR) is 100 cm³/mol. The molecular weight excluding hydrogens is 328 g/mol. The van der Waals surface area contributed by atoms with E-state index in [4.69, 9.17) is 15.2 Å². The molecule has 0 bridgehead atoms. The number of aromatic nitrogens is 2. The summed E-state index contributed by atoms with van der Waals surface area (Å²) in [4.78, 5) is 7.09. The van der Waals surface area contributed by atoms with Crippen molar-refractivity contribution >= 4 is 11.3 Å². The number of pyridine rings is 1. The number of anilines is 1. The molecule has 4 heterocycles. The highest BCUT2D eigenvalue weighted by atomic mass is 16.5. The number of hydrogen-bond acceptors (Lipinski definition) is 5. The lowest BCUT2D eigenvalue weighted by Crippen LogP contribution is -2.66. The lowest BCUT2D eigenvalue weighted by atomic mass is 9.78. The van der Waals surface area contributed by atoms with Crippen LogP contribution >= 0.6 is 0 Å². The zero-order valence-electron chi connectivity index (χ0n) is 14.6. The highest BCUT2D eigenvalue weighted by Gasteiger charge is 2.48. The van der Waals surface area contributed by atoms with Crippen LogP contribution in [0, 0.1) is 5.41 Å². The van der Waals surface area contributed by atoms with E-state index >= 15 is 0 Å². The molecule has 2 aliphatic heterocycles. The molecule has 0 radical (unpaired) electrons. The van der Waals surface area contributed by atoms with E-state index in [1.54, 1.807) is 0 Å². The van der Waals surface area contributed by atoms with Gasteiger partial charge in [0.05, 0.1) is 25.1 Å². The van der Waals surface area contributed by atoms with Gasteiger partial charge in [0.2, 0.25) is 0 Å². The van der Waals surface area contributed by atoms with Gasteiger partial charge in [-0.1, -0.05) is 12.1 Å². The van der Waals surface area contributed by atoms with E-state index in [-0.39, 0.29) is 0 Å². The lowest BCUT2D eigenvalue weighted by molar-refractivity contribution is -0.189. The molecule has 0 unspecified atom stereocenters. The zero-order valence-corrected chi connectivity index (χ0v) is 14.6. The Labute approximate surface area is 152 Å². The number of rotatable bonds is 5. The highest BCUT2D eigenvalue weighted by Crippen LogP contribution is 2.37. The van der Waals surface area contributed by atoms with Crippen molar-refractivity contribution in [2.45, 2.75) is 0 Å². The van der Waals surface area contributed by atoms with Gasteiger partial charge in [-0.05, 0) is 24.3 Å². The molecule has 1 spiro atoms. The predicted octanol–water partition coefficient (Wildman–Crippen LogP) is 2.29. The van der Waals surface area contributed by atoms with Crippen LogP contribution < -0.4 is 10.5 Å². The maximum Gasteiger partial charge on any atom is 0.137 e. The Hall–Kier alpha value is -2.57. The number of nitrogens with two attached hydrogens (primary N) is 1. The maximum atomic E-state index is 5.93. The fourth-order valence-electron chi connectivity index (χ4n) is 3.78. The van der Waals surface area contributed by atoms with Crippen LogP contribution in [0.3, 0.4) is 0 Å². The molecule has 0 atom stereocenters. The van der Waals surface area contributed by atoms with E-state index in [2.05, 4.69) is 9.88 Å². The first-order valence-corrected chi connectivity index (χ1v) is 8.97. The van der Waals surface area contributed by atoms with Gasteiger partial charge in [-0.3, -0.25) is 4.90 Å². The van der Waals surface area contributed by atoms with Crippen molar-refractivity contribution in [1.29, 1.82) is 0 Å². The maximum absolute atomic E-state index is 5.93. The summed E-state index contributed by atoms with van der Waals surface area (Å²) in [5, 5.41) is 0. The monoisotopic (exact) mass is 350 g/mol. The fraction of sp³-hybridized carbons (Fsp3) is 0.350. The zero-order chi connectivity index (χ0) is 17.6. The largest absolute Gasteiger partial charge is 0.491 e. The third kappa shape index (κ3) is 2.81. The van der Waals surface area contributed by atoms with Crippen molar-refractivity contribution in [2.75, 3.05) is 45.2 Å². The van der Waals surface area contributed by atoms with Crippen LogP contribution in [0.15, 0.2) is 48.8 Å². The molecule has 6 nitrogen and oxygen atoms in total. The van der Waals surface area contributed by atoms with Gasteiger partial charge in [0.1, 0.15) is 18.0 Å². The minimum Gasteiger partial charge on any atom is -0.491 e. The Bertz CT molecular complexity index is 923. The van der Waals surface area contributed by atoms with Gasteiger partial charge in [-0.2, -0.15) is 0 Å². The van der Waals surface area contributed by atoms with Crippen molar-refractivity contribution in [1.82, 2.24) is 14.3 Å². The van der Waals surface area contributed by atoms with E-state index in [0.717, 1.165) is 61.2 Å². The first-order chi connectivity index (χ1) is 12.7. The second-order valence-corrected chi connectivity index (χ2v) is 7.43. The third-order valence-electron chi connectivity index (χ3n) is 5.24. The first kappa shape index (κ1) is 15.7. The molecule has 26 heavy (non-hydrogen) atoms. The molecule has 5 rings (SSSR count). The standard InChI is InChI=1S/C20H22N4O2/c21-16-3-1-15(2-4-16)18-10-24-9-17(5-6-19(24)22-18)26-8-7-23-11-20(12-23)13-25-14-20/h1-6,9-10H,7-8,11-14,21H2. The topological polar surface area (TPSA) is 65.0 Å². The Balaban J connectivity index is 1.22. The van der Waals surface area contributed by atoms with Crippen molar-refractivity contribution < 1.29 is 9.47 Å². The highest BCUT2D eigenvalue weighted by molar-refractivity contribution is 5.64. The SMILES string of the molecule is Nc1ccc(-c2cn3cc(OCCN4CC5(COC5)C4)ccc3n2)cc1. The van der Waals surface area contributed by atoms with Crippen LogP contribution in [-0.2, 0) is 4.74 Å². The van der Waals surface area contributed by atoms with E-state index in [1.807, 2.05) is 53.2 Å². The molecular formula is C20H22N4O2. The number of likely N-dealkylation sites (tertiary alicyclic amines) is 1. The van der Waals surface area contributed by atoms with Crippen molar-refractivity contribution in [2.24, 2.45) is 5.41 Å². The number of hydrogen-bond donors (Lipinski definition) is 1. The summed E-state index contributed by atoms with van der Waals surface area (Å²) in [5.74, 6) is 0.862. The summed E-state index contributed by atoms with van der Waals surface area (Å²) >= 11 is 0. The molecule has 0 saturated carbocycles. The number of imidazole rings is 1. The molecule has 2 fully saturated rings. The van der Waals surface area contributed by atoms with Gasteiger partial charge in [0.15, 0.2) is 0 Å². The van der Waals surface area contributed by atoms with Crippen LogP contribution in [0.1, 0.15) is 0 Å². The van der Waals surface area contributed by atoms with Crippen molar-refractivity contribution in [3.05, 3.63) is 48.8 Å². The van der Waals surface area contributed by atoms with Crippen LogP contribution in [0.5, 0.6) is 5.75 Å². The Morgan fingerprint density at radius 2 is 1.88 bits per heavy atom. The summed E-state index contributed by atoms with van der Waals surface area (Å²) in [6, 6.07) is 11.7. The molecule has 2 aliphatic rings. The van der Waals surface area contributed by atoms with Gasteiger partial charge in [-0.25, -0.2) is 4.98 Å². The number of benzene rings is 1. The first-order valence-electron chi connectivity index (χ1n) is 8.97. The van der Waals surface area contributed by atoms with Crippen molar-refractivity contribution in [3.63, 3.8) is 0 Å². The number of nitrogen functional groups attached to an aromatic ring is 1. The van der Waals surface area contributed by atoms with Gasteiger partial charge >= 0.3 is 0 Å². The lowest BCUT2D eigenvalue weighted by Gasteiger charge is -2.55. The van der Waals surface area contributed by atoms with Crippen LogP contribution in [0.4, 0.5) is 5.69 Å². The van der Waals surface area contributed by atoms with Gasteiger partial charge < -0.3 is 19.6 Å². The second kappa shape index (κ2) is 6.00. The summed E-state index contributed by atoms with van der Waals surface area (Å²) in [6.07, 6.45) is 4.00. The average Bonchev–Trinajstić information content (AvgIpc) is 2.99. The van der Waals surface area contributed by atoms with Gasteiger partial charge in [0, 0.05) is 42.5 Å². The summed E-state index contributed by atoms with van der Waals surface area (Å²) in [5.41, 5.74) is 9.86. The smallest absolute Gasteiger partial charge is 0.137 e. The van der Waals surface area contributed by atoms with Crippen molar-refractivity contribution in [3.8, 4) is 17.0 Å². The second-order valence-electron chi connectivity index (χ2n) is 7.43. The van der Waals surface area contributed by atoms with E-state index < -0.39 is 0 Å². The summed E-state index contributed by atoms with van der Waals surface area (Å²) in [6.45, 7) is 5.79. The molecule has 0 aliphatic carbocycles. The van der Waals surface area contributed by atoms with Gasteiger partial charge in [-0.15, -0.1) is 0 Å². The van der Waals surface area contributed by atoms with Crippen LogP contribution in [0.2, 0.25) is 0 Å². The Morgan fingerprint density at radius 1 is 1.08 bits per heavy atom. The number of nitrogens with zero attached hydrogens (tertiary/aromatic N) is 3. The molecule has 0 amide bonds. The molecule has 134 valence electrons. The molecule has 2 N–H and O–H groups in total. The number of fused-ring (bicyclic) bond motifs is 1. The van der Waals surface area contributed by atoms with E-state index in [1.165, 1.54) is 0 Å². The molecule has 3 aromatic rings. The molecule has 2 aromatic heterocycles. The number of ether oxygens (including phenoxy) is 2.